The molecule has 0 aliphatic carbocycles. The van der Waals surface area contributed by atoms with Crippen LogP contribution in [0, 0.1) is 0 Å². The van der Waals surface area contributed by atoms with Crippen LogP contribution in [0.5, 0.6) is 0 Å². The van der Waals surface area contributed by atoms with Gasteiger partial charge in [-0.2, -0.15) is 0 Å². The summed E-state index contributed by atoms with van der Waals surface area (Å²) in [5, 5.41) is 6.67. The summed E-state index contributed by atoms with van der Waals surface area (Å²) in [7, 11) is 0. The number of benzene rings is 2. The van der Waals surface area contributed by atoms with E-state index in [4.69, 9.17) is 17.3 Å². The summed E-state index contributed by atoms with van der Waals surface area (Å²) in [6.45, 7) is 0.596. The third-order valence-electron chi connectivity index (χ3n) is 4.34. The minimum Gasteiger partial charge on any atom is -0.330 e. The smallest absolute Gasteiger partial charge is 0.228 e. The molecule has 0 spiro atoms. The Kier molecular flexibility index (Phi) is 4.75. The van der Waals surface area contributed by atoms with Gasteiger partial charge in [0.05, 0.1) is 17.8 Å². The summed E-state index contributed by atoms with van der Waals surface area (Å²) in [6, 6.07) is 13.4. The normalized spacial score (nSPS) is 12.6. The second kappa shape index (κ2) is 7.34. The van der Waals surface area contributed by atoms with Gasteiger partial charge in [0.25, 0.3) is 0 Å². The summed E-state index contributed by atoms with van der Waals surface area (Å²) >= 11 is 6.08. The van der Waals surface area contributed by atoms with Crippen molar-refractivity contribution in [2.24, 2.45) is 5.73 Å². The number of fused-ring (bicyclic) bond motifs is 3. The molecule has 0 saturated heterocycles. The highest BCUT2D eigenvalue weighted by atomic mass is 35.5. The molecule has 136 valence electrons. The van der Waals surface area contributed by atoms with Gasteiger partial charge in [-0.1, -0.05) is 23.7 Å². The predicted octanol–water partition coefficient (Wildman–Crippen LogP) is 3.54. The van der Waals surface area contributed by atoms with Crippen molar-refractivity contribution in [1.29, 1.82) is 0 Å². The second-order valence-electron chi connectivity index (χ2n) is 6.35. The van der Waals surface area contributed by atoms with Gasteiger partial charge < -0.3 is 16.4 Å². The van der Waals surface area contributed by atoms with E-state index in [1.807, 2.05) is 30.3 Å². The number of halogens is 1. The molecule has 1 aliphatic heterocycles. The zero-order valence-corrected chi connectivity index (χ0v) is 15.3. The van der Waals surface area contributed by atoms with Crippen LogP contribution in [0.3, 0.4) is 0 Å². The first kappa shape index (κ1) is 17.5. The Labute approximate surface area is 161 Å². The molecule has 2 heterocycles. The summed E-state index contributed by atoms with van der Waals surface area (Å²) in [5.74, 6) is 0.352. The molecular formula is C20H18ClN5O. The van der Waals surface area contributed by atoms with Gasteiger partial charge in [-0.25, -0.2) is 9.97 Å². The minimum atomic E-state index is -0.115. The van der Waals surface area contributed by atoms with E-state index >= 15 is 0 Å². The van der Waals surface area contributed by atoms with Gasteiger partial charge in [0.2, 0.25) is 11.9 Å². The monoisotopic (exact) mass is 379 g/mol. The van der Waals surface area contributed by atoms with Crippen LogP contribution in [-0.2, 0) is 17.6 Å². The number of carbonyl (C=O) groups is 1. The first-order chi connectivity index (χ1) is 13.1. The number of nitrogens with two attached hydrogens (primary N) is 1. The van der Waals surface area contributed by atoms with E-state index in [1.54, 1.807) is 18.3 Å². The van der Waals surface area contributed by atoms with Gasteiger partial charge in [0, 0.05) is 28.0 Å². The van der Waals surface area contributed by atoms with E-state index in [9.17, 15) is 4.79 Å². The van der Waals surface area contributed by atoms with Gasteiger partial charge in [0.15, 0.2) is 0 Å². The molecule has 0 fully saturated rings. The summed E-state index contributed by atoms with van der Waals surface area (Å²) < 4.78 is 0. The van der Waals surface area contributed by atoms with E-state index in [2.05, 4.69) is 20.6 Å². The lowest BCUT2D eigenvalue weighted by atomic mass is 10.1. The highest BCUT2D eigenvalue weighted by Gasteiger charge is 2.21. The molecule has 4 rings (SSSR count). The van der Waals surface area contributed by atoms with Crippen LogP contribution < -0.4 is 16.4 Å². The fourth-order valence-corrected chi connectivity index (χ4v) is 3.30. The summed E-state index contributed by atoms with van der Waals surface area (Å²) in [4.78, 5) is 21.2. The van der Waals surface area contributed by atoms with Crippen LogP contribution in [0.25, 0.3) is 11.3 Å². The van der Waals surface area contributed by atoms with Crippen molar-refractivity contribution in [2.75, 3.05) is 17.2 Å². The van der Waals surface area contributed by atoms with Crippen LogP contribution in [0.15, 0.2) is 48.7 Å². The SMILES string of the molecule is NCCc1cccc(Nc2ncc3c(n2)-c2ccc(Cl)cc2NC(=O)C3)c1. The van der Waals surface area contributed by atoms with Crippen LogP contribution in [-0.4, -0.2) is 22.4 Å². The lowest BCUT2D eigenvalue weighted by molar-refractivity contribution is -0.115. The number of anilines is 3. The van der Waals surface area contributed by atoms with Gasteiger partial charge in [-0.05, 0) is 48.9 Å². The number of hydrogen-bond acceptors (Lipinski definition) is 5. The largest absolute Gasteiger partial charge is 0.330 e. The lowest BCUT2D eigenvalue weighted by Crippen LogP contribution is -2.12. The number of nitrogens with one attached hydrogen (secondary N) is 2. The lowest BCUT2D eigenvalue weighted by Gasteiger charge is -2.11. The van der Waals surface area contributed by atoms with Crippen molar-refractivity contribution in [1.82, 2.24) is 9.97 Å². The zero-order valence-electron chi connectivity index (χ0n) is 14.5. The molecule has 6 nitrogen and oxygen atoms in total. The average Bonchev–Trinajstić information content (AvgIpc) is 2.77. The van der Waals surface area contributed by atoms with E-state index in [1.165, 1.54) is 0 Å². The van der Waals surface area contributed by atoms with E-state index < -0.39 is 0 Å². The number of nitrogens with zero attached hydrogens (tertiary/aromatic N) is 2. The number of hydrogen-bond donors (Lipinski definition) is 3. The Bertz CT molecular complexity index is 1020. The number of carbonyl (C=O) groups excluding carboxylic acids is 1. The Morgan fingerprint density at radius 2 is 2.11 bits per heavy atom. The van der Waals surface area contributed by atoms with Gasteiger partial charge in [-0.3, -0.25) is 4.79 Å². The van der Waals surface area contributed by atoms with Gasteiger partial charge in [-0.15, -0.1) is 0 Å². The fourth-order valence-electron chi connectivity index (χ4n) is 3.12. The molecular weight excluding hydrogens is 362 g/mol. The van der Waals surface area contributed by atoms with Crippen LogP contribution in [0.4, 0.5) is 17.3 Å². The maximum atomic E-state index is 12.2. The maximum absolute atomic E-state index is 12.2. The van der Waals surface area contributed by atoms with Crippen LogP contribution >= 0.6 is 11.6 Å². The molecule has 0 saturated carbocycles. The van der Waals surface area contributed by atoms with Crippen LogP contribution in [0.1, 0.15) is 11.1 Å². The van der Waals surface area contributed by atoms with Crippen molar-refractivity contribution in [3.63, 3.8) is 0 Å². The number of amides is 1. The van der Waals surface area contributed by atoms with Gasteiger partial charge >= 0.3 is 0 Å². The number of aromatic nitrogens is 2. The molecule has 2 aromatic carbocycles. The molecule has 0 radical (unpaired) electrons. The second-order valence-corrected chi connectivity index (χ2v) is 6.78. The molecule has 0 unspecified atom stereocenters. The standard InChI is InChI=1S/C20H18ClN5O/c21-14-4-5-16-17(10-14)25-18(27)9-13-11-23-20(26-19(13)16)24-15-3-1-2-12(8-15)6-7-22/h1-5,8,10-11H,6-7,9,22H2,(H,25,27)(H,23,24,26). The molecule has 0 atom stereocenters. The Hall–Kier alpha value is -2.96. The highest BCUT2D eigenvalue weighted by Crippen LogP contribution is 2.34. The van der Waals surface area contributed by atoms with E-state index in [-0.39, 0.29) is 12.3 Å². The summed E-state index contributed by atoms with van der Waals surface area (Å²) in [6.07, 6.45) is 2.72. The minimum absolute atomic E-state index is 0.115. The third-order valence-corrected chi connectivity index (χ3v) is 4.58. The van der Waals surface area contributed by atoms with Crippen LogP contribution in [0.2, 0.25) is 5.02 Å². The molecule has 1 aliphatic rings. The molecule has 7 heteroatoms. The van der Waals surface area contributed by atoms with Crippen molar-refractivity contribution < 1.29 is 4.79 Å². The Morgan fingerprint density at radius 3 is 2.96 bits per heavy atom. The first-order valence-electron chi connectivity index (χ1n) is 8.64. The maximum Gasteiger partial charge on any atom is 0.228 e. The molecule has 4 N–H and O–H groups in total. The molecule has 3 aromatic rings. The Morgan fingerprint density at radius 1 is 1.22 bits per heavy atom. The first-order valence-corrected chi connectivity index (χ1v) is 9.02. The van der Waals surface area contributed by atoms with Crippen molar-refractivity contribution >= 4 is 34.8 Å². The summed E-state index contributed by atoms with van der Waals surface area (Å²) in [5.41, 5.74) is 10.6. The third kappa shape index (κ3) is 3.77. The van der Waals surface area contributed by atoms with Gasteiger partial charge in [0.1, 0.15) is 0 Å². The van der Waals surface area contributed by atoms with Crippen molar-refractivity contribution in [2.45, 2.75) is 12.8 Å². The van der Waals surface area contributed by atoms with E-state index in [0.717, 1.165) is 34.5 Å². The quantitative estimate of drug-likeness (QED) is 0.644. The fraction of sp³-hybridized carbons (Fsp3) is 0.150. The number of rotatable bonds is 4. The van der Waals surface area contributed by atoms with Crippen molar-refractivity contribution in [3.8, 4) is 11.3 Å². The molecule has 1 amide bonds. The zero-order chi connectivity index (χ0) is 18.8. The van der Waals surface area contributed by atoms with Crippen molar-refractivity contribution in [3.05, 3.63) is 64.8 Å². The topological polar surface area (TPSA) is 92.9 Å². The molecule has 27 heavy (non-hydrogen) atoms. The predicted molar refractivity (Wildman–Crippen MR) is 107 cm³/mol. The molecule has 0 bridgehead atoms. The highest BCUT2D eigenvalue weighted by molar-refractivity contribution is 6.31. The average molecular weight is 380 g/mol. The molecule has 1 aromatic heterocycles. The Balaban J connectivity index is 1.72. The van der Waals surface area contributed by atoms with E-state index in [0.29, 0.717) is 23.2 Å².